The molecule has 2 aliphatic heterocycles. The van der Waals surface area contributed by atoms with E-state index in [1.54, 1.807) is 20.8 Å². The summed E-state index contributed by atoms with van der Waals surface area (Å²) >= 11 is 1.01. The molecule has 2 aliphatic rings. The number of fused-ring (bicyclic) bond motifs is 1. The number of hydrogen-bond donors (Lipinski definition) is 1. The average molecular weight is 477 g/mol. The Labute approximate surface area is 188 Å². The number of rotatable bonds is 4. The van der Waals surface area contributed by atoms with Gasteiger partial charge < -0.3 is 19.3 Å². The minimum Gasteiger partial charge on any atom is -0.443 e. The number of amidine groups is 1. The maximum Gasteiger partial charge on any atom is 0.416 e. The molecule has 1 amide bonds. The molecule has 1 fully saturated rings. The van der Waals surface area contributed by atoms with E-state index in [2.05, 4.69) is 4.99 Å². The summed E-state index contributed by atoms with van der Waals surface area (Å²) in [5.74, 6) is 0. The normalized spacial score (nSPS) is 26.8. The highest BCUT2D eigenvalue weighted by Gasteiger charge is 2.52. The maximum absolute atomic E-state index is 13.1. The SMILES string of the molecule is CN(C(=O)OC(C)(C)C)C1=NC2C(OCc3ccccc3)CC(C(O)C(F)(F)F)OC2S1. The van der Waals surface area contributed by atoms with E-state index >= 15 is 0 Å². The lowest BCUT2D eigenvalue weighted by Gasteiger charge is -2.38. The van der Waals surface area contributed by atoms with Crippen molar-refractivity contribution < 1.29 is 37.3 Å². The average Bonchev–Trinajstić information content (AvgIpc) is 3.13. The van der Waals surface area contributed by atoms with Crippen molar-refractivity contribution in [1.29, 1.82) is 0 Å². The van der Waals surface area contributed by atoms with Crippen molar-refractivity contribution in [2.75, 3.05) is 7.05 Å². The number of alkyl halides is 3. The van der Waals surface area contributed by atoms with E-state index in [0.717, 1.165) is 17.3 Å². The number of carbonyl (C=O) groups is 1. The van der Waals surface area contributed by atoms with Crippen LogP contribution in [0.4, 0.5) is 18.0 Å². The number of halogens is 3. The summed E-state index contributed by atoms with van der Waals surface area (Å²) < 4.78 is 56.3. The van der Waals surface area contributed by atoms with E-state index in [9.17, 15) is 23.1 Å². The van der Waals surface area contributed by atoms with Crippen LogP contribution in [0.25, 0.3) is 0 Å². The van der Waals surface area contributed by atoms with Gasteiger partial charge in [-0.25, -0.2) is 4.79 Å². The van der Waals surface area contributed by atoms with E-state index in [0.29, 0.717) is 0 Å². The van der Waals surface area contributed by atoms with Gasteiger partial charge in [-0.2, -0.15) is 13.2 Å². The molecule has 0 aliphatic carbocycles. The molecule has 178 valence electrons. The highest BCUT2D eigenvalue weighted by atomic mass is 32.2. The molecule has 1 saturated heterocycles. The Balaban J connectivity index is 1.77. The van der Waals surface area contributed by atoms with Crippen molar-refractivity contribution in [3.63, 3.8) is 0 Å². The van der Waals surface area contributed by atoms with Gasteiger partial charge in [0.25, 0.3) is 0 Å². The molecule has 1 N–H and O–H groups in total. The predicted molar refractivity (Wildman–Crippen MR) is 113 cm³/mol. The van der Waals surface area contributed by atoms with Crippen LogP contribution in [0.15, 0.2) is 35.3 Å². The molecule has 0 bridgehead atoms. The molecule has 0 spiro atoms. The first-order chi connectivity index (χ1) is 14.8. The molecular formula is C21H27F3N2O5S. The number of amides is 1. The van der Waals surface area contributed by atoms with E-state index in [4.69, 9.17) is 14.2 Å². The number of hydrogen-bond acceptors (Lipinski definition) is 7. The van der Waals surface area contributed by atoms with Crippen LogP contribution in [0, 0.1) is 0 Å². The van der Waals surface area contributed by atoms with Gasteiger partial charge in [-0.1, -0.05) is 42.1 Å². The van der Waals surface area contributed by atoms with Gasteiger partial charge in [0.1, 0.15) is 17.1 Å². The van der Waals surface area contributed by atoms with Gasteiger partial charge in [-0.3, -0.25) is 9.89 Å². The molecule has 5 atom stereocenters. The quantitative estimate of drug-likeness (QED) is 0.709. The van der Waals surface area contributed by atoms with Crippen molar-refractivity contribution in [2.45, 2.75) is 75.4 Å². The zero-order valence-corrected chi connectivity index (χ0v) is 19.0. The van der Waals surface area contributed by atoms with Gasteiger partial charge in [0, 0.05) is 13.5 Å². The van der Waals surface area contributed by atoms with Crippen molar-refractivity contribution in [3.8, 4) is 0 Å². The third-order valence-corrected chi connectivity index (χ3v) is 6.08. The first-order valence-electron chi connectivity index (χ1n) is 10.1. The largest absolute Gasteiger partial charge is 0.443 e. The third kappa shape index (κ3) is 6.15. The number of ether oxygens (including phenoxy) is 3. The fraction of sp³-hybridized carbons (Fsp3) is 0.619. The second-order valence-corrected chi connectivity index (χ2v) is 9.73. The monoisotopic (exact) mass is 476 g/mol. The van der Waals surface area contributed by atoms with Gasteiger partial charge >= 0.3 is 12.3 Å². The second-order valence-electron chi connectivity index (χ2n) is 8.66. The van der Waals surface area contributed by atoms with Crippen molar-refractivity contribution in [1.82, 2.24) is 4.90 Å². The first kappa shape index (κ1) is 24.8. The number of aliphatic hydroxyl groups excluding tert-OH is 1. The molecule has 2 heterocycles. The second kappa shape index (κ2) is 9.58. The van der Waals surface area contributed by atoms with Gasteiger partial charge in [0.2, 0.25) is 0 Å². The Morgan fingerprint density at radius 3 is 2.56 bits per heavy atom. The molecule has 11 heteroatoms. The minimum atomic E-state index is -4.83. The molecule has 0 aromatic heterocycles. The van der Waals surface area contributed by atoms with Crippen molar-refractivity contribution in [3.05, 3.63) is 35.9 Å². The topological polar surface area (TPSA) is 80.6 Å². The summed E-state index contributed by atoms with van der Waals surface area (Å²) in [6, 6.07) is 8.55. The Kier molecular flexibility index (Phi) is 7.43. The fourth-order valence-electron chi connectivity index (χ4n) is 3.29. The molecular weight excluding hydrogens is 449 g/mol. The maximum atomic E-state index is 13.1. The summed E-state index contributed by atoms with van der Waals surface area (Å²) in [5.41, 5.74) is -0.711. The van der Waals surface area contributed by atoms with Crippen molar-refractivity contribution in [2.24, 2.45) is 4.99 Å². The lowest BCUT2D eigenvalue weighted by atomic mass is 9.97. The zero-order chi connectivity index (χ0) is 23.7. The summed E-state index contributed by atoms with van der Waals surface area (Å²) in [5, 5.41) is 10.0. The zero-order valence-electron chi connectivity index (χ0n) is 18.2. The predicted octanol–water partition coefficient (Wildman–Crippen LogP) is 3.95. The molecule has 3 rings (SSSR count). The van der Waals surface area contributed by atoms with Crippen LogP contribution in [0.1, 0.15) is 32.8 Å². The Morgan fingerprint density at radius 2 is 1.97 bits per heavy atom. The van der Waals surface area contributed by atoms with Gasteiger partial charge in [0.05, 0.1) is 18.8 Å². The van der Waals surface area contributed by atoms with Gasteiger partial charge in [0.15, 0.2) is 11.3 Å². The Bertz CT molecular complexity index is 831. The minimum absolute atomic E-state index is 0.168. The Hall–Kier alpha value is -1.82. The highest BCUT2D eigenvalue weighted by molar-refractivity contribution is 8.14. The summed E-state index contributed by atoms with van der Waals surface area (Å²) in [6.45, 7) is 5.34. The lowest BCUT2D eigenvalue weighted by molar-refractivity contribution is -0.252. The van der Waals surface area contributed by atoms with Crippen molar-refractivity contribution >= 4 is 23.0 Å². The molecule has 1 aromatic rings. The summed E-state index contributed by atoms with van der Waals surface area (Å²) in [4.78, 5) is 18.1. The third-order valence-electron chi connectivity index (χ3n) is 4.86. The van der Waals surface area contributed by atoms with E-state index in [-0.39, 0.29) is 18.2 Å². The molecule has 7 nitrogen and oxygen atoms in total. The smallest absolute Gasteiger partial charge is 0.416 e. The number of carbonyl (C=O) groups excluding carboxylic acids is 1. The summed E-state index contributed by atoms with van der Waals surface area (Å²) in [6.07, 6.45) is -10.6. The van der Waals surface area contributed by atoms with Crippen LogP contribution in [-0.4, -0.2) is 69.9 Å². The number of thioether (sulfide) groups is 1. The van der Waals surface area contributed by atoms with Gasteiger partial charge in [-0.05, 0) is 26.3 Å². The fourth-order valence-corrected chi connectivity index (χ4v) is 4.48. The molecule has 0 radical (unpaired) electrons. The molecule has 1 aromatic carbocycles. The van der Waals surface area contributed by atoms with Crippen LogP contribution in [0.5, 0.6) is 0 Å². The number of aliphatic imine (C=N–C) groups is 1. The van der Waals surface area contributed by atoms with Gasteiger partial charge in [-0.15, -0.1) is 0 Å². The van der Waals surface area contributed by atoms with Crippen LogP contribution >= 0.6 is 11.8 Å². The molecule has 32 heavy (non-hydrogen) atoms. The molecule has 0 saturated carbocycles. The van der Waals surface area contributed by atoms with E-state index < -0.39 is 47.7 Å². The molecule has 5 unspecified atom stereocenters. The Morgan fingerprint density at radius 1 is 1.31 bits per heavy atom. The van der Waals surface area contributed by atoms with Crippen LogP contribution in [0.2, 0.25) is 0 Å². The number of nitrogens with zero attached hydrogens (tertiary/aromatic N) is 2. The first-order valence-corrected chi connectivity index (χ1v) is 11.0. The van der Waals surface area contributed by atoms with Crippen LogP contribution in [0.3, 0.4) is 0 Å². The number of benzene rings is 1. The van der Waals surface area contributed by atoms with E-state index in [1.807, 2.05) is 30.3 Å². The van der Waals surface area contributed by atoms with Crippen LogP contribution < -0.4 is 0 Å². The standard InChI is InChI=1S/C21H27F3N2O5S/c1-20(2,3)31-19(28)26(4)18-25-15-13(29-11-12-8-6-5-7-9-12)10-14(30-17(15)32-18)16(27)21(22,23)24/h5-9,13-17,27H,10-11H2,1-4H3. The van der Waals surface area contributed by atoms with E-state index in [1.165, 1.54) is 11.9 Å². The summed E-state index contributed by atoms with van der Waals surface area (Å²) in [7, 11) is 1.47. The highest BCUT2D eigenvalue weighted by Crippen LogP contribution is 2.41. The number of aliphatic hydroxyl groups is 1. The van der Waals surface area contributed by atoms with Crippen LogP contribution in [-0.2, 0) is 20.8 Å². The lowest BCUT2D eigenvalue weighted by Crippen LogP contribution is -2.52.